The minimum atomic E-state index is 0.364. The second kappa shape index (κ2) is 48.1. The number of allylic oxidation sites excluding steroid dienone is 4. The molecule has 0 unspecified atom stereocenters. The summed E-state index contributed by atoms with van der Waals surface area (Å²) in [6.45, 7) is 11.4. The first-order valence-corrected chi connectivity index (χ1v) is 26.1. The topological polar surface area (TPSA) is 52.7 Å². The third kappa shape index (κ3) is 41.1. The number of amides is 2. The molecule has 0 saturated heterocycles. The summed E-state index contributed by atoms with van der Waals surface area (Å²) in [6, 6.07) is 0. The Bertz CT molecular complexity index is 830. The molecule has 0 fully saturated rings. The molecule has 0 heterocycles. The van der Waals surface area contributed by atoms with E-state index in [9.17, 15) is 9.59 Å². The first-order chi connectivity index (χ1) is 28.6. The average Bonchev–Trinajstić information content (AvgIpc) is 3.23. The number of nitrogens with zero attached hydrogens (tertiary/aromatic N) is 2. The first kappa shape index (κ1) is 56.4. The van der Waals surface area contributed by atoms with E-state index in [0.29, 0.717) is 18.2 Å². The molecule has 342 valence electrons. The second-order valence-corrected chi connectivity index (χ2v) is 17.7. The van der Waals surface area contributed by atoms with E-state index in [4.69, 9.17) is 0 Å². The number of carbonyl (C=O) groups excluding carboxylic acids is 2. The van der Waals surface area contributed by atoms with Gasteiger partial charge < -0.3 is 15.1 Å². The van der Waals surface area contributed by atoms with Gasteiger partial charge >= 0.3 is 0 Å². The summed E-state index contributed by atoms with van der Waals surface area (Å²) in [5.41, 5.74) is 0. The number of rotatable bonds is 47. The van der Waals surface area contributed by atoms with Crippen LogP contribution >= 0.6 is 0 Å². The van der Waals surface area contributed by atoms with Crippen LogP contribution in [0.15, 0.2) is 24.3 Å². The molecule has 0 aromatic heterocycles. The lowest BCUT2D eigenvalue weighted by Gasteiger charge is -2.23. The zero-order valence-corrected chi connectivity index (χ0v) is 39.9. The smallest absolute Gasteiger partial charge is 0.222 e. The molecule has 2 amide bonds. The summed E-state index contributed by atoms with van der Waals surface area (Å²) in [7, 11) is 2.00. The maximum absolute atomic E-state index is 13.2. The standard InChI is InChI=1S/C53H103N3O2/c1-5-8-11-13-15-17-19-21-23-25-27-29-31-35-39-45-52(57)55(48-41-10-7-3)49-42-37-33-34-38-43-50-56(51-44-47-54-4)53(58)46-40-36-32-30-28-26-24-22-20-18-16-14-12-9-6-2/h21-24,54H,5-20,25-51H2,1-4H3/b23-21-,24-22-. The van der Waals surface area contributed by atoms with Crippen molar-refractivity contribution in [2.75, 3.05) is 39.8 Å². The minimum Gasteiger partial charge on any atom is -0.343 e. The zero-order chi connectivity index (χ0) is 42.3. The van der Waals surface area contributed by atoms with Crippen LogP contribution in [0.25, 0.3) is 0 Å². The predicted molar refractivity (Wildman–Crippen MR) is 258 cm³/mol. The molecule has 0 atom stereocenters. The Morgan fingerprint density at radius 1 is 0.345 bits per heavy atom. The first-order valence-electron chi connectivity index (χ1n) is 26.1. The van der Waals surface area contributed by atoms with E-state index in [2.05, 4.69) is 60.2 Å². The molecule has 0 aromatic carbocycles. The fourth-order valence-electron chi connectivity index (χ4n) is 8.04. The fraction of sp³-hybridized carbons (Fsp3) is 0.887. The molecule has 0 rings (SSSR count). The van der Waals surface area contributed by atoms with Crippen LogP contribution in [0.1, 0.15) is 265 Å². The molecule has 0 bridgehead atoms. The second-order valence-electron chi connectivity index (χ2n) is 17.7. The van der Waals surface area contributed by atoms with Crippen LogP contribution in [-0.4, -0.2) is 61.4 Å². The average molecular weight is 814 g/mol. The van der Waals surface area contributed by atoms with Gasteiger partial charge in [0.2, 0.25) is 11.8 Å². The summed E-state index contributed by atoms with van der Waals surface area (Å²) in [5, 5.41) is 3.25. The molecule has 5 nitrogen and oxygen atoms in total. The Balaban J connectivity index is 4.13. The Morgan fingerprint density at radius 3 is 0.948 bits per heavy atom. The molecular formula is C53H103N3O2. The van der Waals surface area contributed by atoms with E-state index in [0.717, 1.165) is 77.7 Å². The quantitative estimate of drug-likeness (QED) is 0.0492. The molecule has 0 aliphatic heterocycles. The van der Waals surface area contributed by atoms with E-state index in [1.807, 2.05) is 7.05 Å². The Labute approximate surface area is 364 Å². The molecule has 0 aromatic rings. The van der Waals surface area contributed by atoms with Crippen molar-refractivity contribution in [3.05, 3.63) is 24.3 Å². The minimum absolute atomic E-state index is 0.364. The van der Waals surface area contributed by atoms with Gasteiger partial charge in [-0.25, -0.2) is 0 Å². The third-order valence-electron chi connectivity index (χ3n) is 12.0. The number of unbranched alkanes of at least 4 members (excludes halogenated alkanes) is 29. The Hall–Kier alpha value is -1.62. The van der Waals surface area contributed by atoms with Gasteiger partial charge in [-0.15, -0.1) is 0 Å². The Morgan fingerprint density at radius 2 is 0.603 bits per heavy atom. The number of carbonyl (C=O) groups is 2. The van der Waals surface area contributed by atoms with Gasteiger partial charge in [0.1, 0.15) is 0 Å². The van der Waals surface area contributed by atoms with Gasteiger partial charge in [-0.2, -0.15) is 0 Å². The van der Waals surface area contributed by atoms with Crippen LogP contribution in [0.5, 0.6) is 0 Å². The fourth-order valence-corrected chi connectivity index (χ4v) is 8.04. The van der Waals surface area contributed by atoms with Crippen LogP contribution in [0.2, 0.25) is 0 Å². The third-order valence-corrected chi connectivity index (χ3v) is 12.0. The van der Waals surface area contributed by atoms with Crippen molar-refractivity contribution in [2.24, 2.45) is 0 Å². The monoisotopic (exact) mass is 814 g/mol. The highest BCUT2D eigenvalue weighted by molar-refractivity contribution is 5.76. The van der Waals surface area contributed by atoms with Crippen LogP contribution in [0.4, 0.5) is 0 Å². The molecule has 0 aliphatic carbocycles. The van der Waals surface area contributed by atoms with Gasteiger partial charge in [0.25, 0.3) is 0 Å². The number of hydrogen-bond acceptors (Lipinski definition) is 3. The van der Waals surface area contributed by atoms with E-state index in [1.54, 1.807) is 0 Å². The highest BCUT2D eigenvalue weighted by Gasteiger charge is 2.14. The van der Waals surface area contributed by atoms with Gasteiger partial charge in [0.05, 0.1) is 0 Å². The van der Waals surface area contributed by atoms with Crippen LogP contribution in [-0.2, 0) is 9.59 Å². The van der Waals surface area contributed by atoms with E-state index in [1.165, 1.54) is 193 Å². The highest BCUT2D eigenvalue weighted by Crippen LogP contribution is 2.15. The predicted octanol–water partition coefficient (Wildman–Crippen LogP) is 15.9. The molecule has 5 heteroatoms. The number of nitrogens with one attached hydrogen (secondary N) is 1. The van der Waals surface area contributed by atoms with Crippen molar-refractivity contribution in [2.45, 2.75) is 265 Å². The maximum Gasteiger partial charge on any atom is 0.222 e. The summed E-state index contributed by atoms with van der Waals surface area (Å²) < 4.78 is 0. The number of hydrogen-bond donors (Lipinski definition) is 1. The van der Waals surface area contributed by atoms with Crippen LogP contribution in [0.3, 0.4) is 0 Å². The Kier molecular flexibility index (Phi) is 46.7. The molecule has 0 aliphatic rings. The lowest BCUT2D eigenvalue weighted by atomic mass is 10.1. The maximum atomic E-state index is 13.2. The summed E-state index contributed by atoms with van der Waals surface area (Å²) in [6.07, 6.45) is 56.2. The normalized spacial score (nSPS) is 11.7. The molecular weight excluding hydrogens is 711 g/mol. The molecule has 58 heavy (non-hydrogen) atoms. The van der Waals surface area contributed by atoms with Crippen molar-refractivity contribution in [1.29, 1.82) is 0 Å². The van der Waals surface area contributed by atoms with Gasteiger partial charge in [-0.05, 0) is 103 Å². The van der Waals surface area contributed by atoms with E-state index >= 15 is 0 Å². The van der Waals surface area contributed by atoms with E-state index < -0.39 is 0 Å². The lowest BCUT2D eigenvalue weighted by Crippen LogP contribution is -2.34. The highest BCUT2D eigenvalue weighted by atomic mass is 16.2. The zero-order valence-electron chi connectivity index (χ0n) is 39.9. The summed E-state index contributed by atoms with van der Waals surface area (Å²) in [4.78, 5) is 30.7. The summed E-state index contributed by atoms with van der Waals surface area (Å²) >= 11 is 0. The molecule has 0 radical (unpaired) electrons. The van der Waals surface area contributed by atoms with Crippen molar-refractivity contribution < 1.29 is 9.59 Å². The molecule has 0 saturated carbocycles. The SMILES string of the molecule is CCCCCCCC/C=C\CCCCCCCC(=O)N(CCCCC)CCCCCCCCN(CCCNC)C(=O)CCCCCCC/C=C\CCCCCCCC. The van der Waals surface area contributed by atoms with E-state index in [-0.39, 0.29) is 0 Å². The summed E-state index contributed by atoms with van der Waals surface area (Å²) in [5.74, 6) is 0.752. The van der Waals surface area contributed by atoms with Crippen LogP contribution < -0.4 is 5.32 Å². The van der Waals surface area contributed by atoms with Crippen LogP contribution in [0, 0.1) is 0 Å². The van der Waals surface area contributed by atoms with Gasteiger partial charge in [-0.3, -0.25) is 9.59 Å². The van der Waals surface area contributed by atoms with Crippen molar-refractivity contribution >= 4 is 11.8 Å². The largest absolute Gasteiger partial charge is 0.343 e. The lowest BCUT2D eigenvalue weighted by molar-refractivity contribution is -0.132. The van der Waals surface area contributed by atoms with Gasteiger partial charge in [0, 0.05) is 39.0 Å². The van der Waals surface area contributed by atoms with Crippen molar-refractivity contribution in [3.8, 4) is 0 Å². The molecule has 1 N–H and O–H groups in total. The van der Waals surface area contributed by atoms with Gasteiger partial charge in [-0.1, -0.05) is 186 Å². The van der Waals surface area contributed by atoms with Crippen molar-refractivity contribution in [1.82, 2.24) is 15.1 Å². The van der Waals surface area contributed by atoms with Crippen molar-refractivity contribution in [3.63, 3.8) is 0 Å². The van der Waals surface area contributed by atoms with Gasteiger partial charge in [0.15, 0.2) is 0 Å². The molecule has 0 spiro atoms.